The number of amides is 9. The fraction of sp³-hybridized carbons (Fsp3) is 0.618. The van der Waals surface area contributed by atoms with Crippen LogP contribution in [0.1, 0.15) is 117 Å². The Hall–Kier alpha value is -8.45. The molecule has 1 aliphatic rings. The van der Waals surface area contributed by atoms with Gasteiger partial charge in [-0.05, 0) is 70.3 Å². The van der Waals surface area contributed by atoms with Crippen LogP contribution in [-0.2, 0) is 60.8 Å². The molecule has 23 N–H and O–H groups in total. The number of carboxylic acids is 1. The molecule has 12 atom stereocenters. The molecule has 1 aliphatic carbocycles. The number of aliphatic hydroxyl groups is 2. The van der Waals surface area contributed by atoms with Gasteiger partial charge in [0.2, 0.25) is 53.2 Å². The highest BCUT2D eigenvalue weighted by Gasteiger charge is 2.37. The lowest BCUT2D eigenvalue weighted by molar-refractivity contribution is -0.143. The predicted octanol–water partition coefficient (Wildman–Crippen LogP) is -4.49. The molecule has 3 rings (SSSR count). The molecule has 86 heavy (non-hydrogen) atoms. The summed E-state index contributed by atoms with van der Waals surface area (Å²) in [6.45, 7) is 6.58. The van der Waals surface area contributed by atoms with Gasteiger partial charge in [-0.1, -0.05) is 82.7 Å². The van der Waals surface area contributed by atoms with E-state index in [2.05, 4.69) is 67.8 Å². The van der Waals surface area contributed by atoms with Crippen LogP contribution < -0.4 is 76.5 Å². The van der Waals surface area contributed by atoms with Gasteiger partial charge in [0.1, 0.15) is 48.3 Å². The van der Waals surface area contributed by atoms with Gasteiger partial charge in [0.25, 0.3) is 0 Å². The lowest BCUT2D eigenvalue weighted by atomic mass is 9.84. The molecule has 9 amide bonds. The van der Waals surface area contributed by atoms with Crippen LogP contribution in [0.4, 0.5) is 0 Å². The van der Waals surface area contributed by atoms with Crippen LogP contribution in [0.15, 0.2) is 52.8 Å². The van der Waals surface area contributed by atoms with E-state index in [1.165, 1.54) is 19.4 Å². The van der Waals surface area contributed by atoms with E-state index in [-0.39, 0.29) is 69.5 Å². The van der Waals surface area contributed by atoms with Crippen molar-refractivity contribution in [2.45, 2.75) is 185 Å². The monoisotopic (exact) mass is 1210 g/mol. The lowest BCUT2D eigenvalue weighted by Gasteiger charge is -2.29. The first-order valence-corrected chi connectivity index (χ1v) is 28.9. The molecule has 1 aromatic heterocycles. The Morgan fingerprint density at radius 1 is 0.616 bits per heavy atom. The second-order valence-electron chi connectivity index (χ2n) is 21.6. The number of aliphatic imine (C=N–C) groups is 2. The van der Waals surface area contributed by atoms with Crippen molar-refractivity contribution in [2.75, 3.05) is 19.6 Å². The minimum atomic E-state index is -1.85. The molecule has 1 unspecified atom stereocenters. The van der Waals surface area contributed by atoms with Crippen molar-refractivity contribution in [3.63, 3.8) is 0 Å². The first kappa shape index (κ1) is 71.8. The molecule has 0 aliphatic heterocycles. The summed E-state index contributed by atoms with van der Waals surface area (Å²) >= 11 is 0. The van der Waals surface area contributed by atoms with Gasteiger partial charge in [0, 0.05) is 37.8 Å². The number of hydrogen-bond donors (Lipinski definition) is 18. The molecule has 31 heteroatoms. The Morgan fingerprint density at radius 2 is 1.14 bits per heavy atom. The minimum absolute atomic E-state index is 0.0409. The summed E-state index contributed by atoms with van der Waals surface area (Å²) < 4.78 is 0. The van der Waals surface area contributed by atoms with Gasteiger partial charge in [0.05, 0.1) is 31.1 Å². The summed E-state index contributed by atoms with van der Waals surface area (Å²) in [7, 11) is 0. The van der Waals surface area contributed by atoms with Crippen molar-refractivity contribution in [3.05, 3.63) is 54.1 Å². The van der Waals surface area contributed by atoms with Crippen LogP contribution in [0.25, 0.3) is 0 Å². The third-order valence-electron chi connectivity index (χ3n) is 14.4. The summed E-state index contributed by atoms with van der Waals surface area (Å²) in [6.07, 6.45) is 4.86. The third-order valence-corrected chi connectivity index (χ3v) is 14.4. The van der Waals surface area contributed by atoms with Crippen molar-refractivity contribution in [2.24, 2.45) is 50.5 Å². The zero-order chi connectivity index (χ0) is 64.0. The van der Waals surface area contributed by atoms with E-state index in [0.717, 1.165) is 46.0 Å². The molecule has 478 valence electrons. The molecule has 2 aromatic rings. The number of aromatic nitrogens is 2. The lowest BCUT2D eigenvalue weighted by Crippen LogP contribution is -2.63. The number of carbonyl (C=O) groups is 10. The average Bonchev–Trinajstić information content (AvgIpc) is 3.52. The van der Waals surface area contributed by atoms with E-state index in [4.69, 9.17) is 28.7 Å². The fourth-order valence-corrected chi connectivity index (χ4v) is 9.29. The largest absolute Gasteiger partial charge is 0.480 e. The molecular formula is C55H90N18O13. The van der Waals surface area contributed by atoms with E-state index < -0.39 is 138 Å². The molecule has 0 radical (unpaired) electrons. The van der Waals surface area contributed by atoms with Gasteiger partial charge in [-0.15, -0.1) is 0 Å². The molecule has 0 bridgehead atoms. The number of hydrogen-bond acceptors (Lipinski definition) is 16. The SMILES string of the molecule is CCC(C)[C@H](NC(=O)[C@H](CCCN=C(N)N)NC(=O)CNC(=O)[C@@H](NC(=O)[C@@H](NC(=O)[C@H](Cc1cnc[nH]1)NC(=O)[C@@H](Cc1ccccc1)NC(=O)[C@H](C)NC(=O)[C@@H](N)CCCN=C(N)N)[C@@H](C)O)[C@@H](C)O)C(=O)N[C@@H](CC1CCCCC1)C(=O)O. The van der Waals surface area contributed by atoms with E-state index in [9.17, 15) is 63.3 Å². The highest BCUT2D eigenvalue weighted by Crippen LogP contribution is 2.27. The summed E-state index contributed by atoms with van der Waals surface area (Å²) in [5.74, 6) is -10.1. The van der Waals surface area contributed by atoms with E-state index in [1.807, 2.05) is 0 Å². The number of aromatic amines is 1. The second-order valence-corrected chi connectivity index (χ2v) is 21.6. The van der Waals surface area contributed by atoms with E-state index in [0.29, 0.717) is 24.1 Å². The van der Waals surface area contributed by atoms with Crippen molar-refractivity contribution in [1.82, 2.24) is 57.8 Å². The Balaban J connectivity index is 1.77. The van der Waals surface area contributed by atoms with Gasteiger partial charge in [-0.3, -0.25) is 53.1 Å². The molecule has 1 aromatic carbocycles. The summed E-state index contributed by atoms with van der Waals surface area (Å²) in [6, 6.07) is -4.03. The Morgan fingerprint density at radius 3 is 1.71 bits per heavy atom. The Kier molecular flexibility index (Phi) is 31.0. The maximum absolute atomic E-state index is 14.3. The number of aliphatic carboxylic acids is 1. The van der Waals surface area contributed by atoms with Gasteiger partial charge in [0.15, 0.2) is 11.9 Å². The standard InChI is InChI=1S/C55H90N18O13/c1-6-29(2)42(51(83)70-40(53(85)86)24-34-17-11-8-12-18-34)71-47(79)37(20-14-22-63-55(59)60)67-41(76)27-64-50(82)43(31(4)74)73-52(84)44(32(5)75)72-49(81)39(25-35-26-61-28-65-35)69-48(80)38(23-33-15-9-7-10-16-33)68-45(77)30(3)66-46(78)36(56)19-13-21-62-54(57)58/h7,9-10,15-16,26,28-32,34,36-40,42-44,74-75H,6,8,11-14,17-25,27,56H2,1-5H3,(H,61,65)(H,64,82)(H,66,78)(H,67,76)(H,68,77)(H,69,80)(H,70,83)(H,71,79)(H,72,81)(H,73,84)(H,85,86)(H4,57,58,62)(H4,59,60,63)/t29?,30-,31+,32+,36-,37-,38+,39-,40-,42-,43-,44-/m0/s1. The van der Waals surface area contributed by atoms with Crippen molar-refractivity contribution in [1.29, 1.82) is 0 Å². The molecule has 31 nitrogen and oxygen atoms in total. The maximum Gasteiger partial charge on any atom is 0.326 e. The van der Waals surface area contributed by atoms with Crippen LogP contribution in [0, 0.1) is 11.8 Å². The number of nitrogens with one attached hydrogen (secondary N) is 10. The minimum Gasteiger partial charge on any atom is -0.480 e. The van der Waals surface area contributed by atoms with Gasteiger partial charge >= 0.3 is 5.97 Å². The molecule has 0 saturated heterocycles. The van der Waals surface area contributed by atoms with E-state index in [1.54, 1.807) is 44.2 Å². The topological polar surface area (TPSA) is 523 Å². The smallest absolute Gasteiger partial charge is 0.326 e. The molecule has 1 fully saturated rings. The van der Waals surface area contributed by atoms with Crippen molar-refractivity contribution in [3.8, 4) is 0 Å². The van der Waals surface area contributed by atoms with Crippen molar-refractivity contribution < 1.29 is 63.3 Å². The number of imidazole rings is 1. The second kappa shape index (κ2) is 37.1. The third kappa shape index (κ3) is 25.8. The number of guanidine groups is 2. The maximum atomic E-state index is 14.3. The first-order valence-electron chi connectivity index (χ1n) is 28.9. The molecule has 1 saturated carbocycles. The number of H-pyrrole nitrogens is 1. The number of rotatable bonds is 37. The van der Waals surface area contributed by atoms with Crippen LogP contribution in [0.5, 0.6) is 0 Å². The highest BCUT2D eigenvalue weighted by molar-refractivity contribution is 5.98. The average molecular weight is 1210 g/mol. The summed E-state index contributed by atoms with van der Waals surface area (Å²) in [5, 5.41) is 54.1. The Bertz CT molecular complexity index is 2590. The number of benzene rings is 1. The Labute approximate surface area is 499 Å². The number of nitrogens with two attached hydrogens (primary N) is 5. The normalized spacial score (nSPS) is 16.5. The number of aliphatic hydroxyl groups excluding tert-OH is 2. The highest BCUT2D eigenvalue weighted by atomic mass is 16.4. The zero-order valence-corrected chi connectivity index (χ0v) is 49.5. The van der Waals surface area contributed by atoms with Crippen LogP contribution in [0.3, 0.4) is 0 Å². The number of carbonyl (C=O) groups excluding carboxylic acids is 9. The van der Waals surface area contributed by atoms with Gasteiger partial charge < -0.3 is 96.8 Å². The molecule has 0 spiro atoms. The van der Waals surface area contributed by atoms with Gasteiger partial charge in [-0.25, -0.2) is 9.78 Å². The van der Waals surface area contributed by atoms with Crippen LogP contribution >= 0.6 is 0 Å². The van der Waals surface area contributed by atoms with Gasteiger partial charge in [-0.2, -0.15) is 0 Å². The van der Waals surface area contributed by atoms with Crippen LogP contribution in [0.2, 0.25) is 0 Å². The predicted molar refractivity (Wildman–Crippen MR) is 316 cm³/mol. The first-order chi connectivity index (χ1) is 40.7. The van der Waals surface area contributed by atoms with Crippen molar-refractivity contribution >= 4 is 71.1 Å². The number of nitrogens with zero attached hydrogens (tertiary/aromatic N) is 3. The zero-order valence-electron chi connectivity index (χ0n) is 49.5. The molecule has 1 heterocycles. The molecular weight excluding hydrogens is 1120 g/mol. The summed E-state index contributed by atoms with van der Waals surface area (Å²) in [5.41, 5.74) is 28.6. The van der Waals surface area contributed by atoms with E-state index >= 15 is 0 Å². The number of carboxylic acid groups (broad SMARTS) is 1. The van der Waals surface area contributed by atoms with Crippen LogP contribution in [-0.4, -0.2) is 183 Å². The fourth-order valence-electron chi connectivity index (χ4n) is 9.29. The quantitative estimate of drug-likeness (QED) is 0.0172. The summed E-state index contributed by atoms with van der Waals surface area (Å²) in [4.78, 5) is 151.